The van der Waals surface area contributed by atoms with E-state index in [1.54, 1.807) is 0 Å². The summed E-state index contributed by atoms with van der Waals surface area (Å²) in [5.41, 5.74) is 11.2. The molecule has 5 nitrogen and oxygen atoms in total. The number of rotatable bonds is 4. The number of nitrogens with one attached hydrogen (secondary N) is 1. The molecule has 6 heteroatoms. The zero-order valence-corrected chi connectivity index (χ0v) is 8.71. The van der Waals surface area contributed by atoms with Crippen LogP contribution in [-0.2, 0) is 0 Å². The first-order valence-electron chi connectivity index (χ1n) is 4.13. The van der Waals surface area contributed by atoms with E-state index in [1.807, 2.05) is 0 Å². The van der Waals surface area contributed by atoms with Gasteiger partial charge >= 0.3 is 0 Å². The van der Waals surface area contributed by atoms with Gasteiger partial charge in [-0.1, -0.05) is 18.2 Å². The van der Waals surface area contributed by atoms with Crippen LogP contribution in [0, 0.1) is 0 Å². The molecule has 80 valence electrons. The predicted molar refractivity (Wildman–Crippen MR) is 60.6 cm³/mol. The summed E-state index contributed by atoms with van der Waals surface area (Å²) >= 11 is 5.57. The third-order valence-corrected chi connectivity index (χ3v) is 1.76. The first-order chi connectivity index (χ1) is 7.00. The number of carbonyl (C=O) groups is 1. The third-order valence-electron chi connectivity index (χ3n) is 1.62. The summed E-state index contributed by atoms with van der Waals surface area (Å²) in [6.07, 6.45) is 1.42. The van der Waals surface area contributed by atoms with Crippen LogP contribution in [0.5, 0.6) is 0 Å². The molecule has 1 aromatic rings. The second-order valence-corrected chi connectivity index (χ2v) is 3.43. The van der Waals surface area contributed by atoms with Gasteiger partial charge in [0.1, 0.15) is 5.82 Å². The number of nitrogens with zero attached hydrogens (tertiary/aromatic N) is 1. The molecule has 0 unspecified atom stereocenters. The molecule has 0 aliphatic rings. The van der Waals surface area contributed by atoms with Crippen LogP contribution in [0.15, 0.2) is 23.9 Å². The molecule has 1 heterocycles. The Hall–Kier alpha value is -1.75. The van der Waals surface area contributed by atoms with Gasteiger partial charge in [0, 0.05) is 5.03 Å². The summed E-state index contributed by atoms with van der Waals surface area (Å²) in [5.74, 6) is -0.254. The van der Waals surface area contributed by atoms with Crippen molar-refractivity contribution in [3.05, 3.63) is 29.4 Å². The van der Waals surface area contributed by atoms with Crippen LogP contribution < -0.4 is 16.8 Å². The minimum atomic E-state index is -0.600. The fraction of sp³-hybridized carbons (Fsp3) is 0.111. The van der Waals surface area contributed by atoms with E-state index in [4.69, 9.17) is 23.1 Å². The molecule has 0 aliphatic heterocycles. The fourth-order valence-corrected chi connectivity index (χ4v) is 1.06. The number of nitrogen functional groups attached to an aromatic ring is 1. The fourth-order valence-electron chi connectivity index (χ4n) is 0.989. The molecule has 0 saturated heterocycles. The summed E-state index contributed by atoms with van der Waals surface area (Å²) in [4.78, 5) is 15.0. The lowest BCUT2D eigenvalue weighted by atomic mass is 10.2. The Bertz CT molecular complexity index is 405. The molecule has 1 rings (SSSR count). The number of primary amides is 1. The van der Waals surface area contributed by atoms with E-state index in [0.29, 0.717) is 23.1 Å². The van der Waals surface area contributed by atoms with Gasteiger partial charge < -0.3 is 16.8 Å². The Balaban J connectivity index is 2.95. The van der Waals surface area contributed by atoms with Crippen molar-refractivity contribution in [3.63, 3.8) is 0 Å². The van der Waals surface area contributed by atoms with Crippen molar-refractivity contribution in [2.24, 2.45) is 5.73 Å². The molecule has 0 aliphatic carbocycles. The molecule has 15 heavy (non-hydrogen) atoms. The summed E-state index contributed by atoms with van der Waals surface area (Å²) < 4.78 is 0. The Morgan fingerprint density at radius 2 is 2.33 bits per heavy atom. The molecule has 0 aromatic carbocycles. The molecule has 0 saturated carbocycles. The molecule has 0 fully saturated rings. The van der Waals surface area contributed by atoms with Gasteiger partial charge in [-0.3, -0.25) is 4.79 Å². The van der Waals surface area contributed by atoms with Crippen LogP contribution >= 0.6 is 11.6 Å². The molecule has 1 amide bonds. The molecule has 1 aromatic heterocycles. The smallest absolute Gasteiger partial charge is 0.252 e. The highest BCUT2D eigenvalue weighted by Crippen LogP contribution is 2.15. The highest BCUT2D eigenvalue weighted by molar-refractivity contribution is 6.29. The van der Waals surface area contributed by atoms with Crippen LogP contribution in [0.4, 0.5) is 11.5 Å². The second-order valence-electron chi connectivity index (χ2n) is 2.90. The number of hydrogen-bond donors (Lipinski definition) is 3. The van der Waals surface area contributed by atoms with E-state index in [1.165, 1.54) is 12.3 Å². The maximum Gasteiger partial charge on any atom is 0.252 e. The summed E-state index contributed by atoms with van der Waals surface area (Å²) in [5, 5.41) is 3.23. The van der Waals surface area contributed by atoms with Crippen molar-refractivity contribution in [1.29, 1.82) is 0 Å². The van der Waals surface area contributed by atoms with Crippen LogP contribution in [0.2, 0.25) is 0 Å². The van der Waals surface area contributed by atoms with Crippen molar-refractivity contribution in [3.8, 4) is 0 Å². The van der Waals surface area contributed by atoms with Gasteiger partial charge in [0.05, 0.1) is 24.0 Å². The number of carbonyl (C=O) groups excluding carboxylic acids is 1. The average Bonchev–Trinajstić information content (AvgIpc) is 2.15. The maximum atomic E-state index is 11.0. The van der Waals surface area contributed by atoms with Gasteiger partial charge in [-0.05, 0) is 6.07 Å². The molecule has 0 atom stereocenters. The zero-order valence-electron chi connectivity index (χ0n) is 7.96. The number of pyridine rings is 1. The summed E-state index contributed by atoms with van der Waals surface area (Å²) in [6, 6.07) is 1.45. The highest BCUT2D eigenvalue weighted by Gasteiger charge is 2.09. The summed E-state index contributed by atoms with van der Waals surface area (Å²) in [6.45, 7) is 3.80. The van der Waals surface area contributed by atoms with Crippen LogP contribution in [0.25, 0.3) is 0 Å². The maximum absolute atomic E-state index is 11.0. The number of nitrogens with two attached hydrogens (primary N) is 2. The van der Waals surface area contributed by atoms with Crippen molar-refractivity contribution in [2.45, 2.75) is 0 Å². The quantitative estimate of drug-likeness (QED) is 0.712. The second kappa shape index (κ2) is 4.65. The largest absolute Gasteiger partial charge is 0.397 e. The minimum absolute atomic E-state index is 0.230. The lowest BCUT2D eigenvalue weighted by molar-refractivity contribution is 0.100. The summed E-state index contributed by atoms with van der Waals surface area (Å²) in [7, 11) is 0. The number of aromatic nitrogens is 1. The van der Waals surface area contributed by atoms with Crippen LogP contribution in [0.3, 0.4) is 0 Å². The molecular formula is C9H11ClN4O. The van der Waals surface area contributed by atoms with E-state index in [0.717, 1.165) is 0 Å². The van der Waals surface area contributed by atoms with Gasteiger partial charge in [-0.2, -0.15) is 0 Å². The lowest BCUT2D eigenvalue weighted by Crippen LogP contribution is -2.16. The number of halogens is 1. The topological polar surface area (TPSA) is 94.0 Å². The SMILES string of the molecule is C=C(Cl)CNc1ncc(N)cc1C(N)=O. The van der Waals surface area contributed by atoms with Crippen molar-refractivity contribution in [1.82, 2.24) is 4.98 Å². The van der Waals surface area contributed by atoms with Gasteiger partial charge in [0.25, 0.3) is 5.91 Å². The van der Waals surface area contributed by atoms with Gasteiger partial charge in [-0.15, -0.1) is 0 Å². The Morgan fingerprint density at radius 3 is 2.87 bits per heavy atom. The van der Waals surface area contributed by atoms with Crippen molar-refractivity contribution >= 4 is 29.0 Å². The van der Waals surface area contributed by atoms with E-state index in [-0.39, 0.29) is 5.56 Å². The van der Waals surface area contributed by atoms with Crippen LogP contribution in [-0.4, -0.2) is 17.4 Å². The predicted octanol–water partition coefficient (Wildman–Crippen LogP) is 0.927. The monoisotopic (exact) mass is 226 g/mol. The number of amides is 1. The average molecular weight is 227 g/mol. The Labute approximate surface area is 92.1 Å². The molecule has 0 radical (unpaired) electrons. The third kappa shape index (κ3) is 3.14. The Morgan fingerprint density at radius 1 is 1.67 bits per heavy atom. The van der Waals surface area contributed by atoms with Gasteiger partial charge in [-0.25, -0.2) is 4.98 Å². The normalized spacial score (nSPS) is 9.67. The van der Waals surface area contributed by atoms with E-state index in [9.17, 15) is 4.79 Å². The van der Waals surface area contributed by atoms with E-state index >= 15 is 0 Å². The van der Waals surface area contributed by atoms with E-state index in [2.05, 4.69) is 16.9 Å². The van der Waals surface area contributed by atoms with Crippen molar-refractivity contribution in [2.75, 3.05) is 17.6 Å². The standard InChI is InChI=1S/C9H11ClN4O/c1-5(10)3-13-9-7(8(12)15)2-6(11)4-14-9/h2,4H,1,3,11H2,(H2,12,15)(H,13,14). The Kier molecular flexibility index (Phi) is 3.51. The first kappa shape index (κ1) is 11.3. The molecule has 0 spiro atoms. The van der Waals surface area contributed by atoms with Gasteiger partial charge in [0.15, 0.2) is 0 Å². The highest BCUT2D eigenvalue weighted by atomic mass is 35.5. The first-order valence-corrected chi connectivity index (χ1v) is 4.51. The van der Waals surface area contributed by atoms with Crippen molar-refractivity contribution < 1.29 is 4.79 Å². The number of hydrogen-bond acceptors (Lipinski definition) is 4. The zero-order chi connectivity index (χ0) is 11.4. The molecule has 0 bridgehead atoms. The van der Waals surface area contributed by atoms with Crippen LogP contribution in [0.1, 0.15) is 10.4 Å². The molecule has 5 N–H and O–H groups in total. The van der Waals surface area contributed by atoms with Gasteiger partial charge in [0.2, 0.25) is 0 Å². The minimum Gasteiger partial charge on any atom is -0.397 e. The lowest BCUT2D eigenvalue weighted by Gasteiger charge is -2.08. The molecular weight excluding hydrogens is 216 g/mol. The van der Waals surface area contributed by atoms with E-state index < -0.39 is 5.91 Å². The number of anilines is 2.